The number of amides is 1. The summed E-state index contributed by atoms with van der Waals surface area (Å²) in [5, 5.41) is 4.48. The highest BCUT2D eigenvalue weighted by Crippen LogP contribution is 2.24. The van der Waals surface area contributed by atoms with E-state index in [1.165, 1.54) is 0 Å². The molecule has 0 unspecified atom stereocenters. The van der Waals surface area contributed by atoms with Crippen LogP contribution < -0.4 is 5.32 Å². The van der Waals surface area contributed by atoms with Crippen molar-refractivity contribution < 1.29 is 4.79 Å². The summed E-state index contributed by atoms with van der Waals surface area (Å²) >= 11 is 8.06. The number of nitrogens with one attached hydrogen (secondary N) is 2. The van der Waals surface area contributed by atoms with Crippen molar-refractivity contribution in [3.05, 3.63) is 62.8 Å². The molecule has 3 aromatic rings. The van der Waals surface area contributed by atoms with Gasteiger partial charge in [0.2, 0.25) is 0 Å². The number of carbonyl (C=O) groups excluding carboxylic acids is 1. The lowest BCUT2D eigenvalue weighted by Gasteiger charge is -2.08. The van der Waals surface area contributed by atoms with Crippen LogP contribution >= 0.6 is 34.2 Å². The number of hydrogen-bond donors (Lipinski definition) is 2. The van der Waals surface area contributed by atoms with Gasteiger partial charge in [-0.15, -0.1) is 0 Å². The third kappa shape index (κ3) is 2.53. The first-order valence-corrected chi connectivity index (χ1v) is 7.43. The SMILES string of the molecule is O=C(Nc1ccc(Cl)cc1I)c1cccc2[nH]ccc12. The zero-order valence-corrected chi connectivity index (χ0v) is 13.2. The number of H-pyrrole nitrogens is 1. The monoisotopic (exact) mass is 396 g/mol. The summed E-state index contributed by atoms with van der Waals surface area (Å²) < 4.78 is 0.907. The number of fused-ring (bicyclic) bond motifs is 1. The number of anilines is 1. The lowest BCUT2D eigenvalue weighted by atomic mass is 10.1. The molecule has 2 aromatic carbocycles. The maximum Gasteiger partial charge on any atom is 0.256 e. The van der Waals surface area contributed by atoms with E-state index in [1.54, 1.807) is 12.1 Å². The van der Waals surface area contributed by atoms with Gasteiger partial charge in [0, 0.05) is 31.3 Å². The maximum atomic E-state index is 12.4. The molecular formula is C15H10ClIN2O. The fourth-order valence-corrected chi connectivity index (χ4v) is 3.07. The predicted octanol–water partition coefficient (Wildman–Crippen LogP) is 4.68. The van der Waals surface area contributed by atoms with E-state index in [9.17, 15) is 4.79 Å². The fourth-order valence-electron chi connectivity index (χ4n) is 2.06. The van der Waals surface area contributed by atoms with Gasteiger partial charge in [0.15, 0.2) is 0 Å². The molecule has 100 valence electrons. The molecule has 0 fully saturated rings. The first kappa shape index (κ1) is 13.5. The summed E-state index contributed by atoms with van der Waals surface area (Å²) in [5.41, 5.74) is 2.35. The van der Waals surface area contributed by atoms with Gasteiger partial charge in [-0.3, -0.25) is 4.79 Å². The summed E-state index contributed by atoms with van der Waals surface area (Å²) in [5.74, 6) is -0.129. The molecule has 3 rings (SSSR count). The van der Waals surface area contributed by atoms with E-state index in [4.69, 9.17) is 11.6 Å². The van der Waals surface area contributed by atoms with E-state index < -0.39 is 0 Å². The van der Waals surface area contributed by atoms with Gasteiger partial charge in [-0.1, -0.05) is 17.7 Å². The number of carbonyl (C=O) groups is 1. The lowest BCUT2D eigenvalue weighted by Crippen LogP contribution is -2.13. The fraction of sp³-hybridized carbons (Fsp3) is 0. The quantitative estimate of drug-likeness (QED) is 0.607. The number of aromatic amines is 1. The van der Waals surface area contributed by atoms with Gasteiger partial charge < -0.3 is 10.3 Å². The molecule has 0 radical (unpaired) electrons. The van der Waals surface area contributed by atoms with Gasteiger partial charge in [-0.05, 0) is 59.0 Å². The van der Waals surface area contributed by atoms with Crippen molar-refractivity contribution in [1.82, 2.24) is 4.98 Å². The van der Waals surface area contributed by atoms with Crippen molar-refractivity contribution in [2.75, 3.05) is 5.32 Å². The van der Waals surface area contributed by atoms with Crippen LogP contribution in [0.5, 0.6) is 0 Å². The molecule has 20 heavy (non-hydrogen) atoms. The third-order valence-electron chi connectivity index (χ3n) is 3.02. The molecule has 0 aliphatic carbocycles. The van der Waals surface area contributed by atoms with Crippen LogP contribution in [0.15, 0.2) is 48.7 Å². The second-order valence-corrected chi connectivity index (χ2v) is 5.92. The van der Waals surface area contributed by atoms with Gasteiger partial charge in [0.25, 0.3) is 5.91 Å². The van der Waals surface area contributed by atoms with Crippen LogP contribution in [0.4, 0.5) is 5.69 Å². The molecule has 0 saturated heterocycles. The molecule has 3 nitrogen and oxygen atoms in total. The topological polar surface area (TPSA) is 44.9 Å². The molecule has 0 atom stereocenters. The number of hydrogen-bond acceptors (Lipinski definition) is 1. The Morgan fingerprint density at radius 2 is 2.05 bits per heavy atom. The Labute approximate surface area is 134 Å². The Morgan fingerprint density at radius 3 is 2.85 bits per heavy atom. The lowest BCUT2D eigenvalue weighted by molar-refractivity contribution is 0.102. The van der Waals surface area contributed by atoms with E-state index in [0.29, 0.717) is 10.6 Å². The zero-order valence-electron chi connectivity index (χ0n) is 10.3. The molecule has 5 heteroatoms. The van der Waals surface area contributed by atoms with Gasteiger partial charge in [0.05, 0.1) is 5.69 Å². The largest absolute Gasteiger partial charge is 0.361 e. The highest BCUT2D eigenvalue weighted by atomic mass is 127. The highest BCUT2D eigenvalue weighted by Gasteiger charge is 2.12. The Bertz CT molecular complexity index is 797. The third-order valence-corrected chi connectivity index (χ3v) is 4.15. The molecule has 0 aliphatic rings. The number of benzene rings is 2. The minimum Gasteiger partial charge on any atom is -0.361 e. The number of rotatable bonds is 2. The van der Waals surface area contributed by atoms with Crippen molar-refractivity contribution in [2.24, 2.45) is 0 Å². The molecule has 0 bridgehead atoms. The van der Waals surface area contributed by atoms with Crippen LogP contribution in [0.2, 0.25) is 5.02 Å². The summed E-state index contributed by atoms with van der Waals surface area (Å²) in [6.45, 7) is 0. The number of halogens is 2. The molecule has 0 spiro atoms. The number of aromatic nitrogens is 1. The summed E-state index contributed by atoms with van der Waals surface area (Å²) in [7, 11) is 0. The summed E-state index contributed by atoms with van der Waals surface area (Å²) in [6, 6.07) is 12.9. The van der Waals surface area contributed by atoms with E-state index in [2.05, 4.69) is 32.9 Å². The molecule has 0 aliphatic heterocycles. The second-order valence-electron chi connectivity index (χ2n) is 4.32. The Hall–Kier alpha value is -1.53. The molecule has 0 saturated carbocycles. The minimum atomic E-state index is -0.129. The molecular weight excluding hydrogens is 387 g/mol. The Balaban J connectivity index is 1.95. The van der Waals surface area contributed by atoms with Crippen LogP contribution in [0, 0.1) is 3.57 Å². The van der Waals surface area contributed by atoms with E-state index in [0.717, 1.165) is 20.2 Å². The van der Waals surface area contributed by atoms with Gasteiger partial charge in [-0.2, -0.15) is 0 Å². The summed E-state index contributed by atoms with van der Waals surface area (Å²) in [6.07, 6.45) is 1.83. The molecule has 1 aromatic heterocycles. The average molecular weight is 397 g/mol. The van der Waals surface area contributed by atoms with Crippen molar-refractivity contribution in [1.29, 1.82) is 0 Å². The van der Waals surface area contributed by atoms with Crippen LogP contribution in [0.25, 0.3) is 10.9 Å². The van der Waals surface area contributed by atoms with Crippen LogP contribution in [0.3, 0.4) is 0 Å². The van der Waals surface area contributed by atoms with Crippen molar-refractivity contribution in [3.8, 4) is 0 Å². The van der Waals surface area contributed by atoms with Gasteiger partial charge >= 0.3 is 0 Å². The molecule has 1 amide bonds. The molecule has 2 N–H and O–H groups in total. The van der Waals surface area contributed by atoms with Gasteiger partial charge in [0.1, 0.15) is 0 Å². The standard InChI is InChI=1S/C15H10ClIN2O/c16-9-4-5-14(12(17)8-9)19-15(20)11-2-1-3-13-10(11)6-7-18-13/h1-8,18H,(H,19,20). The average Bonchev–Trinajstić information content (AvgIpc) is 2.90. The van der Waals surface area contributed by atoms with Crippen LogP contribution in [-0.2, 0) is 0 Å². The normalized spacial score (nSPS) is 10.7. The summed E-state index contributed by atoms with van der Waals surface area (Å²) in [4.78, 5) is 15.5. The van der Waals surface area contributed by atoms with Crippen molar-refractivity contribution >= 4 is 56.7 Å². The highest BCUT2D eigenvalue weighted by molar-refractivity contribution is 14.1. The van der Waals surface area contributed by atoms with E-state index in [1.807, 2.05) is 36.5 Å². The minimum absolute atomic E-state index is 0.129. The van der Waals surface area contributed by atoms with E-state index in [-0.39, 0.29) is 5.91 Å². The zero-order chi connectivity index (χ0) is 14.1. The molecule has 1 heterocycles. The predicted molar refractivity (Wildman–Crippen MR) is 90.4 cm³/mol. The Morgan fingerprint density at radius 1 is 1.20 bits per heavy atom. The van der Waals surface area contributed by atoms with Gasteiger partial charge in [-0.25, -0.2) is 0 Å². The van der Waals surface area contributed by atoms with Crippen LogP contribution in [-0.4, -0.2) is 10.9 Å². The maximum absolute atomic E-state index is 12.4. The van der Waals surface area contributed by atoms with E-state index >= 15 is 0 Å². The van der Waals surface area contributed by atoms with Crippen molar-refractivity contribution in [3.63, 3.8) is 0 Å². The Kier molecular flexibility index (Phi) is 3.67. The first-order valence-electron chi connectivity index (χ1n) is 5.97. The smallest absolute Gasteiger partial charge is 0.256 e. The van der Waals surface area contributed by atoms with Crippen LogP contribution in [0.1, 0.15) is 10.4 Å². The second kappa shape index (κ2) is 5.46. The first-order chi connectivity index (χ1) is 9.65. The van der Waals surface area contributed by atoms with Crippen molar-refractivity contribution in [2.45, 2.75) is 0 Å².